The van der Waals surface area contributed by atoms with Crippen LogP contribution in [0.1, 0.15) is 6.92 Å². The fraction of sp³-hybridized carbons (Fsp3) is 0.167. The fourth-order valence-corrected chi connectivity index (χ4v) is 6.11. The van der Waals surface area contributed by atoms with Crippen molar-refractivity contribution in [1.29, 1.82) is 0 Å². The van der Waals surface area contributed by atoms with Gasteiger partial charge in [-0.1, -0.05) is 22.9 Å². The number of hydrogen-bond acceptors (Lipinski definition) is 6. The number of hydrogen-bond donors (Lipinski definition) is 1. The van der Waals surface area contributed by atoms with Gasteiger partial charge in [-0.05, 0) is 73.7 Å². The van der Waals surface area contributed by atoms with E-state index in [1.54, 1.807) is 34.9 Å². The number of halogens is 1. The summed E-state index contributed by atoms with van der Waals surface area (Å²) in [5.41, 5.74) is 1.53. The SMILES string of the molecule is CCn1c(=O)sc2cc(NC(=O)CN(c3ccc(Cl)cc3)S(=O)(=O)c3ccc(OC)cc3)ccc21. The predicted molar refractivity (Wildman–Crippen MR) is 139 cm³/mol. The molecule has 0 atom stereocenters. The molecule has 35 heavy (non-hydrogen) atoms. The number of nitrogens with one attached hydrogen (secondary N) is 1. The normalized spacial score (nSPS) is 11.4. The van der Waals surface area contributed by atoms with Gasteiger partial charge in [-0.3, -0.25) is 18.5 Å². The molecule has 8 nitrogen and oxygen atoms in total. The largest absolute Gasteiger partial charge is 0.497 e. The molecule has 4 rings (SSSR count). The molecule has 1 N–H and O–H groups in total. The predicted octanol–water partition coefficient (Wildman–Crippen LogP) is 4.58. The number of fused-ring (bicyclic) bond motifs is 1. The van der Waals surface area contributed by atoms with Crippen LogP contribution in [0.25, 0.3) is 10.2 Å². The van der Waals surface area contributed by atoms with E-state index in [0.29, 0.717) is 23.0 Å². The van der Waals surface area contributed by atoms with Crippen molar-refractivity contribution in [1.82, 2.24) is 4.57 Å². The van der Waals surface area contributed by atoms with Crippen molar-refractivity contribution in [3.05, 3.63) is 81.4 Å². The van der Waals surface area contributed by atoms with Crippen molar-refractivity contribution in [2.75, 3.05) is 23.3 Å². The number of carbonyl (C=O) groups is 1. The average Bonchev–Trinajstić information content (AvgIpc) is 3.17. The molecular weight excluding hydrogens is 510 g/mol. The van der Waals surface area contributed by atoms with Crippen LogP contribution in [0.3, 0.4) is 0 Å². The Kier molecular flexibility index (Phi) is 7.15. The van der Waals surface area contributed by atoms with Crippen molar-refractivity contribution < 1.29 is 17.9 Å². The van der Waals surface area contributed by atoms with Crippen LogP contribution >= 0.6 is 22.9 Å². The van der Waals surface area contributed by atoms with Crippen LogP contribution < -0.4 is 19.2 Å². The summed E-state index contributed by atoms with van der Waals surface area (Å²) >= 11 is 7.07. The Balaban J connectivity index is 1.64. The van der Waals surface area contributed by atoms with E-state index in [1.165, 1.54) is 43.5 Å². The molecule has 0 radical (unpaired) electrons. The molecule has 4 aromatic rings. The van der Waals surface area contributed by atoms with Gasteiger partial charge in [0.25, 0.3) is 10.0 Å². The number of aromatic nitrogens is 1. The van der Waals surface area contributed by atoms with E-state index in [-0.39, 0.29) is 15.5 Å². The van der Waals surface area contributed by atoms with Crippen LogP contribution in [0.2, 0.25) is 5.02 Å². The number of anilines is 2. The van der Waals surface area contributed by atoms with Crippen LogP contribution in [0.5, 0.6) is 5.75 Å². The van der Waals surface area contributed by atoms with Crippen LogP contribution in [0.15, 0.2) is 76.4 Å². The number of nitrogens with zero attached hydrogens (tertiary/aromatic N) is 2. The quantitative estimate of drug-likeness (QED) is 0.359. The highest BCUT2D eigenvalue weighted by Gasteiger charge is 2.27. The maximum absolute atomic E-state index is 13.5. The fourth-order valence-electron chi connectivity index (χ4n) is 3.57. The molecule has 182 valence electrons. The van der Waals surface area contributed by atoms with Crippen LogP contribution in [-0.2, 0) is 21.4 Å². The van der Waals surface area contributed by atoms with E-state index in [4.69, 9.17) is 16.3 Å². The molecule has 0 aliphatic heterocycles. The summed E-state index contributed by atoms with van der Waals surface area (Å²) in [7, 11) is -2.60. The van der Waals surface area contributed by atoms with Crippen LogP contribution in [-0.4, -0.2) is 32.5 Å². The molecule has 1 heterocycles. The highest BCUT2D eigenvalue weighted by molar-refractivity contribution is 7.92. The molecule has 0 fully saturated rings. The number of carbonyl (C=O) groups excluding carboxylic acids is 1. The molecule has 0 aliphatic carbocycles. The first kappa shape index (κ1) is 24.8. The number of amides is 1. The van der Waals surface area contributed by atoms with Gasteiger partial charge in [0.05, 0.1) is 27.9 Å². The lowest BCUT2D eigenvalue weighted by Gasteiger charge is -2.24. The molecule has 0 spiro atoms. The highest BCUT2D eigenvalue weighted by Crippen LogP contribution is 2.27. The number of rotatable bonds is 8. The summed E-state index contributed by atoms with van der Waals surface area (Å²) < 4.78 is 35.5. The minimum atomic E-state index is -4.09. The van der Waals surface area contributed by atoms with E-state index >= 15 is 0 Å². The monoisotopic (exact) mass is 531 g/mol. The number of benzene rings is 3. The zero-order valence-corrected chi connectivity index (χ0v) is 21.3. The number of aryl methyl sites for hydroxylation is 1. The molecule has 1 amide bonds. The minimum Gasteiger partial charge on any atom is -0.497 e. The molecule has 0 aliphatic rings. The highest BCUT2D eigenvalue weighted by atomic mass is 35.5. The van der Waals surface area contributed by atoms with Crippen molar-refractivity contribution in [2.45, 2.75) is 18.4 Å². The van der Waals surface area contributed by atoms with Crippen LogP contribution in [0, 0.1) is 0 Å². The van der Waals surface area contributed by atoms with E-state index in [2.05, 4.69) is 5.32 Å². The third kappa shape index (κ3) is 5.19. The van der Waals surface area contributed by atoms with Gasteiger partial charge in [0.2, 0.25) is 5.91 Å². The Bertz CT molecular complexity index is 1530. The van der Waals surface area contributed by atoms with Gasteiger partial charge in [-0.15, -0.1) is 0 Å². The molecule has 0 unspecified atom stereocenters. The van der Waals surface area contributed by atoms with Crippen molar-refractivity contribution in [3.8, 4) is 5.75 Å². The summed E-state index contributed by atoms with van der Waals surface area (Å²) in [6, 6.07) is 17.2. The van der Waals surface area contributed by atoms with Gasteiger partial charge < -0.3 is 10.1 Å². The average molecular weight is 532 g/mol. The molecular formula is C24H22ClN3O5S2. The molecule has 0 saturated heterocycles. The lowest BCUT2D eigenvalue weighted by atomic mass is 10.3. The first-order valence-electron chi connectivity index (χ1n) is 10.6. The standard InChI is InChI=1S/C24H22ClN3O5S2/c1-3-27-21-13-6-17(14-22(21)34-24(27)30)26-23(29)15-28(18-7-4-16(25)5-8-18)35(31,32)20-11-9-19(33-2)10-12-20/h4-14H,3,15H2,1-2H3,(H,26,29). The third-order valence-electron chi connectivity index (χ3n) is 5.32. The van der Waals surface area contributed by atoms with Gasteiger partial charge >= 0.3 is 4.87 Å². The van der Waals surface area contributed by atoms with Gasteiger partial charge in [0, 0.05) is 17.3 Å². The van der Waals surface area contributed by atoms with Crippen molar-refractivity contribution >= 4 is 60.5 Å². The van der Waals surface area contributed by atoms with Crippen molar-refractivity contribution in [3.63, 3.8) is 0 Å². The Morgan fingerprint density at radius 1 is 1.09 bits per heavy atom. The maximum atomic E-state index is 13.5. The van der Waals surface area contributed by atoms with Gasteiger partial charge in [0.15, 0.2) is 0 Å². The lowest BCUT2D eigenvalue weighted by molar-refractivity contribution is -0.114. The Hall–Kier alpha value is -3.34. The Morgan fingerprint density at radius 3 is 2.40 bits per heavy atom. The second-order valence-electron chi connectivity index (χ2n) is 7.51. The summed E-state index contributed by atoms with van der Waals surface area (Å²) in [5, 5.41) is 3.17. The number of sulfonamides is 1. The van der Waals surface area contributed by atoms with Gasteiger partial charge in [-0.25, -0.2) is 8.42 Å². The van der Waals surface area contributed by atoms with E-state index in [1.807, 2.05) is 6.92 Å². The first-order chi connectivity index (χ1) is 16.7. The second-order valence-corrected chi connectivity index (χ2v) is 10.8. The van der Waals surface area contributed by atoms with E-state index < -0.39 is 22.5 Å². The minimum absolute atomic E-state index is 0.00755. The van der Waals surface area contributed by atoms with Crippen molar-refractivity contribution in [2.24, 2.45) is 0 Å². The van der Waals surface area contributed by atoms with E-state index in [0.717, 1.165) is 25.9 Å². The molecule has 11 heteroatoms. The molecule has 1 aromatic heterocycles. The summed E-state index contributed by atoms with van der Waals surface area (Å²) in [6.07, 6.45) is 0. The van der Waals surface area contributed by atoms with Gasteiger partial charge in [-0.2, -0.15) is 0 Å². The summed E-state index contributed by atoms with van der Waals surface area (Å²) in [5.74, 6) is -0.0343. The summed E-state index contributed by atoms with van der Waals surface area (Å²) in [6.45, 7) is 1.96. The van der Waals surface area contributed by atoms with E-state index in [9.17, 15) is 18.0 Å². The maximum Gasteiger partial charge on any atom is 0.308 e. The van der Waals surface area contributed by atoms with Gasteiger partial charge in [0.1, 0.15) is 12.3 Å². The lowest BCUT2D eigenvalue weighted by Crippen LogP contribution is -2.38. The summed E-state index contributed by atoms with van der Waals surface area (Å²) in [4.78, 5) is 25.0. The second kappa shape index (κ2) is 10.1. The number of methoxy groups -OCH3 is 1. The first-order valence-corrected chi connectivity index (χ1v) is 13.2. The topological polar surface area (TPSA) is 97.7 Å². The zero-order valence-electron chi connectivity index (χ0n) is 18.9. The number of ether oxygens (including phenoxy) is 1. The molecule has 0 saturated carbocycles. The Morgan fingerprint density at radius 2 is 1.77 bits per heavy atom. The van der Waals surface area contributed by atoms with Crippen LogP contribution in [0.4, 0.5) is 11.4 Å². The Labute approximate surface area is 211 Å². The molecule has 3 aromatic carbocycles. The number of thiazole rings is 1. The smallest absolute Gasteiger partial charge is 0.308 e. The third-order valence-corrected chi connectivity index (χ3v) is 8.30. The zero-order chi connectivity index (χ0) is 25.2. The molecule has 0 bridgehead atoms.